The first-order valence-corrected chi connectivity index (χ1v) is 12.3. The lowest BCUT2D eigenvalue weighted by Crippen LogP contribution is -2.31. The molecule has 0 aliphatic heterocycles. The number of ether oxygens (including phenoxy) is 1. The van der Waals surface area contributed by atoms with Crippen LogP contribution in [0.3, 0.4) is 0 Å². The van der Waals surface area contributed by atoms with Crippen molar-refractivity contribution in [2.24, 2.45) is 0 Å². The number of benzene rings is 2. The number of sulfonamides is 1. The fourth-order valence-corrected chi connectivity index (χ4v) is 4.16. The molecule has 2 amide bonds. The van der Waals surface area contributed by atoms with Crippen molar-refractivity contribution in [2.75, 3.05) is 42.7 Å². The number of methoxy groups -OCH3 is 1. The van der Waals surface area contributed by atoms with E-state index < -0.39 is 10.0 Å². The van der Waals surface area contributed by atoms with Crippen LogP contribution in [0.2, 0.25) is 5.02 Å². The number of hydrogen-bond acceptors (Lipinski definition) is 5. The molecular weight excluding hydrogens is 454 g/mol. The van der Waals surface area contributed by atoms with Crippen molar-refractivity contribution in [3.63, 3.8) is 0 Å². The number of amides is 2. The Hall–Kier alpha value is -2.62. The zero-order valence-corrected chi connectivity index (χ0v) is 19.7. The minimum absolute atomic E-state index is 0.0797. The summed E-state index contributed by atoms with van der Waals surface area (Å²) < 4.78 is 30.5. The molecule has 2 aromatic carbocycles. The normalized spacial score (nSPS) is 11.1. The van der Waals surface area contributed by atoms with E-state index in [9.17, 15) is 18.0 Å². The fourth-order valence-electron chi connectivity index (χ4n) is 3.02. The second-order valence-electron chi connectivity index (χ2n) is 7.11. The average molecular weight is 482 g/mol. The van der Waals surface area contributed by atoms with Gasteiger partial charge in [-0.05, 0) is 43.2 Å². The molecule has 0 radical (unpaired) electrons. The zero-order chi connectivity index (χ0) is 23.6. The van der Waals surface area contributed by atoms with Crippen LogP contribution >= 0.6 is 11.6 Å². The van der Waals surface area contributed by atoms with Crippen LogP contribution in [0.4, 0.5) is 11.4 Å². The first-order chi connectivity index (χ1) is 15.2. The summed E-state index contributed by atoms with van der Waals surface area (Å²) >= 11 is 5.98. The Morgan fingerprint density at radius 1 is 1.09 bits per heavy atom. The fraction of sp³-hybridized carbons (Fsp3) is 0.364. The van der Waals surface area contributed by atoms with Gasteiger partial charge in [0.1, 0.15) is 0 Å². The largest absolute Gasteiger partial charge is 0.385 e. The Labute approximate surface area is 193 Å². The maximum Gasteiger partial charge on any atom is 0.253 e. The highest BCUT2D eigenvalue weighted by atomic mass is 35.5. The summed E-state index contributed by atoms with van der Waals surface area (Å²) in [6.45, 7) is 1.12. The van der Waals surface area contributed by atoms with Gasteiger partial charge >= 0.3 is 0 Å². The van der Waals surface area contributed by atoms with Crippen LogP contribution in [-0.2, 0) is 19.6 Å². The van der Waals surface area contributed by atoms with Crippen LogP contribution in [0.25, 0.3) is 0 Å². The zero-order valence-electron chi connectivity index (χ0n) is 18.1. The summed E-state index contributed by atoms with van der Waals surface area (Å²) in [6, 6.07) is 13.3. The standard InChI is InChI=1S/C22H28ClN3O5S/c1-31-15-7-13-24-22(28)19-10-3-4-11-20(19)25-21(27)12-6-14-26(32(2,29)30)18-9-5-8-17(23)16-18/h3-5,8-11,16H,6-7,12-15H2,1-2H3,(H,24,28)(H,25,27). The molecule has 0 saturated heterocycles. The third kappa shape index (κ3) is 8.14. The number of nitrogens with one attached hydrogen (secondary N) is 2. The van der Waals surface area contributed by atoms with Crippen LogP contribution in [0.15, 0.2) is 48.5 Å². The molecule has 0 aliphatic rings. The van der Waals surface area contributed by atoms with E-state index in [2.05, 4.69) is 10.6 Å². The number of para-hydroxylation sites is 1. The van der Waals surface area contributed by atoms with Crippen molar-refractivity contribution >= 4 is 44.8 Å². The molecule has 0 aromatic heterocycles. The molecule has 2 N–H and O–H groups in total. The Morgan fingerprint density at radius 2 is 1.84 bits per heavy atom. The maximum absolute atomic E-state index is 12.5. The van der Waals surface area contributed by atoms with E-state index in [0.29, 0.717) is 41.5 Å². The van der Waals surface area contributed by atoms with Crippen molar-refractivity contribution in [2.45, 2.75) is 19.3 Å². The van der Waals surface area contributed by atoms with Gasteiger partial charge in [0.15, 0.2) is 0 Å². The molecule has 174 valence electrons. The van der Waals surface area contributed by atoms with Crippen LogP contribution in [0.1, 0.15) is 29.6 Å². The number of carbonyl (C=O) groups excluding carboxylic acids is 2. The van der Waals surface area contributed by atoms with Crippen LogP contribution in [0.5, 0.6) is 0 Å². The number of carbonyl (C=O) groups is 2. The smallest absolute Gasteiger partial charge is 0.253 e. The van der Waals surface area contributed by atoms with Gasteiger partial charge in [0, 0.05) is 38.2 Å². The predicted octanol–water partition coefficient (Wildman–Crippen LogP) is 3.29. The molecule has 8 nitrogen and oxygen atoms in total. The van der Waals surface area contributed by atoms with E-state index in [1.807, 2.05) is 0 Å². The Balaban J connectivity index is 1.96. The number of anilines is 2. The highest BCUT2D eigenvalue weighted by Gasteiger charge is 2.18. The maximum atomic E-state index is 12.5. The molecule has 0 saturated carbocycles. The third-order valence-electron chi connectivity index (χ3n) is 4.52. The molecule has 0 bridgehead atoms. The van der Waals surface area contributed by atoms with Gasteiger partial charge in [-0.15, -0.1) is 0 Å². The second kappa shape index (κ2) is 12.4. The van der Waals surface area contributed by atoms with Crippen molar-refractivity contribution in [3.8, 4) is 0 Å². The summed E-state index contributed by atoms with van der Waals surface area (Å²) in [5.41, 5.74) is 1.20. The molecule has 2 aromatic rings. The average Bonchev–Trinajstić information content (AvgIpc) is 2.73. The van der Waals surface area contributed by atoms with E-state index in [0.717, 1.165) is 6.26 Å². The van der Waals surface area contributed by atoms with Gasteiger partial charge in [0.25, 0.3) is 5.91 Å². The molecule has 2 rings (SSSR count). The van der Waals surface area contributed by atoms with Gasteiger partial charge in [-0.25, -0.2) is 8.42 Å². The van der Waals surface area contributed by atoms with Gasteiger partial charge in [-0.3, -0.25) is 13.9 Å². The summed E-state index contributed by atoms with van der Waals surface area (Å²) in [5, 5.41) is 5.95. The number of nitrogens with zero attached hydrogens (tertiary/aromatic N) is 1. The van der Waals surface area contributed by atoms with E-state index in [4.69, 9.17) is 16.3 Å². The Bertz CT molecular complexity index is 1030. The van der Waals surface area contributed by atoms with Crippen LogP contribution in [0, 0.1) is 0 Å². The summed E-state index contributed by atoms with van der Waals surface area (Å²) in [4.78, 5) is 24.9. The first kappa shape index (κ1) is 25.6. The lowest BCUT2D eigenvalue weighted by Gasteiger charge is -2.22. The third-order valence-corrected chi connectivity index (χ3v) is 5.95. The number of halogens is 1. The van der Waals surface area contributed by atoms with Gasteiger partial charge in [-0.2, -0.15) is 0 Å². The molecule has 0 heterocycles. The minimum atomic E-state index is -3.54. The topological polar surface area (TPSA) is 105 Å². The highest BCUT2D eigenvalue weighted by molar-refractivity contribution is 7.92. The second-order valence-corrected chi connectivity index (χ2v) is 9.46. The first-order valence-electron chi connectivity index (χ1n) is 10.1. The summed E-state index contributed by atoms with van der Waals surface area (Å²) in [7, 11) is -1.95. The number of rotatable bonds is 12. The van der Waals surface area contributed by atoms with E-state index in [1.54, 1.807) is 55.6 Å². The van der Waals surface area contributed by atoms with Gasteiger partial charge < -0.3 is 15.4 Å². The van der Waals surface area contributed by atoms with Crippen LogP contribution in [-0.4, -0.2) is 53.3 Å². The molecule has 32 heavy (non-hydrogen) atoms. The summed E-state index contributed by atoms with van der Waals surface area (Å²) in [6.07, 6.45) is 2.16. The van der Waals surface area contributed by atoms with Gasteiger partial charge in [0.2, 0.25) is 15.9 Å². The molecular formula is C22H28ClN3O5S. The van der Waals surface area contributed by atoms with Crippen molar-refractivity contribution in [1.29, 1.82) is 0 Å². The summed E-state index contributed by atoms with van der Waals surface area (Å²) in [5.74, 6) is -0.606. The van der Waals surface area contributed by atoms with Gasteiger partial charge in [-0.1, -0.05) is 29.8 Å². The Kier molecular flexibility index (Phi) is 9.96. The Morgan fingerprint density at radius 3 is 2.53 bits per heavy atom. The highest BCUT2D eigenvalue weighted by Crippen LogP contribution is 2.22. The molecule has 0 atom stereocenters. The van der Waals surface area contributed by atoms with Gasteiger partial charge in [0.05, 0.1) is 23.2 Å². The predicted molar refractivity (Wildman–Crippen MR) is 127 cm³/mol. The molecule has 0 unspecified atom stereocenters. The molecule has 10 heteroatoms. The van der Waals surface area contributed by atoms with Crippen LogP contribution < -0.4 is 14.9 Å². The molecule has 0 fully saturated rings. The molecule has 0 spiro atoms. The van der Waals surface area contributed by atoms with E-state index in [1.165, 1.54) is 4.31 Å². The van der Waals surface area contributed by atoms with Crippen molar-refractivity contribution < 1.29 is 22.7 Å². The monoisotopic (exact) mass is 481 g/mol. The van der Waals surface area contributed by atoms with E-state index >= 15 is 0 Å². The number of hydrogen-bond donors (Lipinski definition) is 2. The lowest BCUT2D eigenvalue weighted by molar-refractivity contribution is -0.116. The SMILES string of the molecule is COCCCNC(=O)c1ccccc1NC(=O)CCCN(c1cccc(Cl)c1)S(C)(=O)=O. The minimum Gasteiger partial charge on any atom is -0.385 e. The van der Waals surface area contributed by atoms with E-state index in [-0.39, 0.29) is 31.2 Å². The lowest BCUT2D eigenvalue weighted by atomic mass is 10.1. The van der Waals surface area contributed by atoms with Crippen molar-refractivity contribution in [1.82, 2.24) is 5.32 Å². The molecule has 0 aliphatic carbocycles. The quantitative estimate of drug-likeness (QED) is 0.452. The van der Waals surface area contributed by atoms with Crippen molar-refractivity contribution in [3.05, 3.63) is 59.1 Å².